The zero-order chi connectivity index (χ0) is 18.3. The fourth-order valence-corrected chi connectivity index (χ4v) is 3.97. The Balaban J connectivity index is 1.97. The second-order valence-corrected chi connectivity index (χ2v) is 7.31. The summed E-state index contributed by atoms with van der Waals surface area (Å²) in [5.74, 6) is 0. The smallest absolute Gasteiger partial charge is 0.306 e. The molecule has 1 atom stereocenters. The molecule has 4 nitrogen and oxygen atoms in total. The maximum atomic E-state index is 13.4. The van der Waals surface area contributed by atoms with Crippen LogP contribution in [0.25, 0.3) is 11.3 Å². The number of aromatic nitrogens is 2. The molecule has 2 aromatic carbocycles. The molecule has 1 aliphatic rings. The largest absolute Gasteiger partial charge is 0.329 e. The highest BCUT2D eigenvalue weighted by Gasteiger charge is 2.37. The topological polar surface area (TPSA) is 54.9 Å². The molecule has 4 rings (SSSR count). The van der Waals surface area contributed by atoms with Crippen molar-refractivity contribution in [3.05, 3.63) is 92.1 Å². The van der Waals surface area contributed by atoms with E-state index >= 15 is 0 Å². The molecule has 0 aliphatic heterocycles. The molecule has 0 bridgehead atoms. The van der Waals surface area contributed by atoms with Gasteiger partial charge in [-0.3, -0.25) is 9.36 Å². The van der Waals surface area contributed by atoms with Gasteiger partial charge in [-0.15, -0.1) is 0 Å². The highest BCUT2D eigenvalue weighted by atomic mass is 16.2. The van der Waals surface area contributed by atoms with Crippen molar-refractivity contribution in [1.82, 2.24) is 9.55 Å². The molecule has 0 unspecified atom stereocenters. The van der Waals surface area contributed by atoms with E-state index in [9.17, 15) is 9.59 Å². The van der Waals surface area contributed by atoms with Gasteiger partial charge in [-0.2, -0.15) is 0 Å². The van der Waals surface area contributed by atoms with Gasteiger partial charge >= 0.3 is 5.69 Å². The minimum Gasteiger partial charge on any atom is -0.306 e. The Hall–Kier alpha value is -2.88. The molecule has 0 amide bonds. The first-order chi connectivity index (χ1) is 12.5. The molecule has 0 radical (unpaired) electrons. The van der Waals surface area contributed by atoms with Gasteiger partial charge in [0, 0.05) is 16.5 Å². The third kappa shape index (κ3) is 2.53. The standard InChI is InChI=1S/C22H22N2O2/c1-3-22(2)13-16-11-7-8-12-17(16)19-18(22)20(25)24(21(26)23-19)14-15-9-5-4-6-10-15/h4-12H,3,13-14H2,1-2H3,(H,23,26)/t22-/m1/s1. The van der Waals surface area contributed by atoms with Crippen LogP contribution in [-0.2, 0) is 18.4 Å². The molecule has 0 spiro atoms. The molecule has 1 heterocycles. The molecular weight excluding hydrogens is 324 g/mol. The lowest BCUT2D eigenvalue weighted by atomic mass is 9.69. The summed E-state index contributed by atoms with van der Waals surface area (Å²) in [5.41, 5.74) is 3.69. The van der Waals surface area contributed by atoms with Crippen molar-refractivity contribution in [2.75, 3.05) is 0 Å². The van der Waals surface area contributed by atoms with E-state index in [0.29, 0.717) is 5.69 Å². The van der Waals surface area contributed by atoms with E-state index in [1.165, 1.54) is 10.1 Å². The summed E-state index contributed by atoms with van der Waals surface area (Å²) in [4.78, 5) is 29.1. The third-order valence-electron chi connectivity index (χ3n) is 5.62. The van der Waals surface area contributed by atoms with Crippen LogP contribution in [-0.4, -0.2) is 9.55 Å². The zero-order valence-electron chi connectivity index (χ0n) is 15.1. The minimum atomic E-state index is -0.354. The number of hydrogen-bond donors (Lipinski definition) is 1. The van der Waals surface area contributed by atoms with Crippen molar-refractivity contribution in [2.24, 2.45) is 0 Å². The van der Waals surface area contributed by atoms with E-state index in [-0.39, 0.29) is 23.2 Å². The molecular formula is C22H22N2O2. The maximum Gasteiger partial charge on any atom is 0.329 e. The van der Waals surface area contributed by atoms with Gasteiger partial charge < -0.3 is 4.98 Å². The van der Waals surface area contributed by atoms with E-state index in [0.717, 1.165) is 29.5 Å². The van der Waals surface area contributed by atoms with Gasteiger partial charge in [0.25, 0.3) is 5.56 Å². The molecule has 132 valence electrons. The van der Waals surface area contributed by atoms with E-state index in [1.54, 1.807) is 0 Å². The number of fused-ring (bicyclic) bond motifs is 3. The number of H-pyrrole nitrogens is 1. The average Bonchev–Trinajstić information content (AvgIpc) is 2.65. The lowest BCUT2D eigenvalue weighted by Crippen LogP contribution is -2.45. The Bertz CT molecular complexity index is 1080. The molecule has 1 aliphatic carbocycles. The molecule has 3 aromatic rings. The van der Waals surface area contributed by atoms with E-state index in [1.807, 2.05) is 48.5 Å². The summed E-state index contributed by atoms with van der Waals surface area (Å²) >= 11 is 0. The van der Waals surface area contributed by atoms with Gasteiger partial charge in [0.1, 0.15) is 0 Å². The predicted octanol–water partition coefficient (Wildman–Crippen LogP) is 3.48. The van der Waals surface area contributed by atoms with Crippen LogP contribution < -0.4 is 11.2 Å². The summed E-state index contributed by atoms with van der Waals surface area (Å²) in [7, 11) is 0. The number of aromatic amines is 1. The summed E-state index contributed by atoms with van der Waals surface area (Å²) < 4.78 is 1.33. The minimum absolute atomic E-state index is 0.175. The van der Waals surface area contributed by atoms with Gasteiger partial charge in [0.15, 0.2) is 0 Å². The number of hydrogen-bond acceptors (Lipinski definition) is 2. The van der Waals surface area contributed by atoms with Crippen molar-refractivity contribution < 1.29 is 0 Å². The zero-order valence-corrected chi connectivity index (χ0v) is 15.1. The second kappa shape index (κ2) is 6.13. The number of nitrogens with zero attached hydrogens (tertiary/aromatic N) is 1. The molecule has 4 heteroatoms. The fourth-order valence-electron chi connectivity index (χ4n) is 3.97. The van der Waals surface area contributed by atoms with Gasteiger partial charge in [0.05, 0.1) is 12.2 Å². The van der Waals surface area contributed by atoms with Crippen LogP contribution in [0.5, 0.6) is 0 Å². The van der Waals surface area contributed by atoms with Gasteiger partial charge in [-0.1, -0.05) is 68.4 Å². The molecule has 0 saturated heterocycles. The van der Waals surface area contributed by atoms with Gasteiger partial charge in [-0.05, 0) is 24.0 Å². The summed E-state index contributed by atoms with van der Waals surface area (Å²) in [6.45, 7) is 4.50. The highest BCUT2D eigenvalue weighted by molar-refractivity contribution is 5.71. The van der Waals surface area contributed by atoms with Crippen molar-refractivity contribution in [3.63, 3.8) is 0 Å². The second-order valence-electron chi connectivity index (χ2n) is 7.31. The maximum absolute atomic E-state index is 13.4. The van der Waals surface area contributed by atoms with Crippen LogP contribution in [0.15, 0.2) is 64.2 Å². The van der Waals surface area contributed by atoms with E-state index < -0.39 is 0 Å². The van der Waals surface area contributed by atoms with E-state index in [4.69, 9.17) is 0 Å². The molecule has 1 N–H and O–H groups in total. The predicted molar refractivity (Wildman–Crippen MR) is 104 cm³/mol. The lowest BCUT2D eigenvalue weighted by Gasteiger charge is -2.35. The number of benzene rings is 2. The van der Waals surface area contributed by atoms with Crippen molar-refractivity contribution in [3.8, 4) is 11.3 Å². The third-order valence-corrected chi connectivity index (χ3v) is 5.62. The van der Waals surface area contributed by atoms with Gasteiger partial charge in [0.2, 0.25) is 0 Å². The molecule has 0 saturated carbocycles. The van der Waals surface area contributed by atoms with Crippen LogP contribution in [0.4, 0.5) is 0 Å². The highest BCUT2D eigenvalue weighted by Crippen LogP contribution is 2.41. The molecule has 0 fully saturated rings. The van der Waals surface area contributed by atoms with Crippen molar-refractivity contribution >= 4 is 0 Å². The normalized spacial score (nSPS) is 18.2. The first-order valence-electron chi connectivity index (χ1n) is 9.03. The average molecular weight is 346 g/mol. The summed E-state index contributed by atoms with van der Waals surface area (Å²) in [6.07, 6.45) is 1.64. The SMILES string of the molecule is CC[C@]1(C)Cc2ccccc2-c2[nH]c(=O)n(Cc3ccccc3)c(=O)c21. The Morgan fingerprint density at radius 1 is 1.04 bits per heavy atom. The van der Waals surface area contributed by atoms with Crippen LogP contribution in [0.3, 0.4) is 0 Å². The van der Waals surface area contributed by atoms with Crippen LogP contribution in [0, 0.1) is 0 Å². The Morgan fingerprint density at radius 2 is 1.73 bits per heavy atom. The molecule has 1 aromatic heterocycles. The van der Waals surface area contributed by atoms with Crippen LogP contribution in [0.2, 0.25) is 0 Å². The fraction of sp³-hybridized carbons (Fsp3) is 0.273. The Labute approximate surface area is 152 Å². The van der Waals surface area contributed by atoms with Crippen molar-refractivity contribution in [2.45, 2.75) is 38.6 Å². The quantitative estimate of drug-likeness (QED) is 0.789. The van der Waals surface area contributed by atoms with Crippen LogP contribution in [0.1, 0.15) is 37.0 Å². The number of rotatable bonds is 3. The molecule has 26 heavy (non-hydrogen) atoms. The summed E-state index contributed by atoms with van der Waals surface area (Å²) in [6, 6.07) is 17.6. The van der Waals surface area contributed by atoms with E-state index in [2.05, 4.69) is 24.9 Å². The monoisotopic (exact) mass is 346 g/mol. The van der Waals surface area contributed by atoms with Crippen LogP contribution >= 0.6 is 0 Å². The first kappa shape index (κ1) is 16.6. The lowest BCUT2D eigenvalue weighted by molar-refractivity contribution is 0.433. The Kier molecular flexibility index (Phi) is 3.91. The summed E-state index contributed by atoms with van der Waals surface area (Å²) in [5, 5.41) is 0. The Morgan fingerprint density at radius 3 is 2.46 bits per heavy atom. The van der Waals surface area contributed by atoms with Crippen molar-refractivity contribution in [1.29, 1.82) is 0 Å². The van der Waals surface area contributed by atoms with Gasteiger partial charge in [-0.25, -0.2) is 4.79 Å². The first-order valence-corrected chi connectivity index (χ1v) is 9.03. The number of nitrogens with one attached hydrogen (secondary N) is 1.